The highest BCUT2D eigenvalue weighted by Gasteiger charge is 2.43. The second-order valence-electron chi connectivity index (χ2n) is 9.36. The minimum Gasteiger partial charge on any atom is -0.381 e. The fourth-order valence-corrected chi connectivity index (χ4v) is 5.73. The van der Waals surface area contributed by atoms with E-state index in [2.05, 4.69) is 42.3 Å². The average Bonchev–Trinajstić information content (AvgIpc) is 3.26. The Kier molecular flexibility index (Phi) is 7.49. The van der Waals surface area contributed by atoms with E-state index in [1.54, 1.807) is 0 Å². The molecule has 3 fully saturated rings. The summed E-state index contributed by atoms with van der Waals surface area (Å²) in [7, 11) is 0. The first-order valence-electron chi connectivity index (χ1n) is 12.0. The van der Waals surface area contributed by atoms with Crippen LogP contribution in [0.2, 0.25) is 0 Å². The van der Waals surface area contributed by atoms with Gasteiger partial charge in [-0.1, -0.05) is 43.9 Å². The maximum absolute atomic E-state index is 6.12. The zero-order valence-corrected chi connectivity index (χ0v) is 18.5. The largest absolute Gasteiger partial charge is 0.381 e. The van der Waals surface area contributed by atoms with Crippen LogP contribution in [-0.2, 0) is 9.47 Å². The smallest absolute Gasteiger partial charge is 0.0893 e. The number of aryl methyl sites for hydroxylation is 1. The summed E-state index contributed by atoms with van der Waals surface area (Å²) in [5.41, 5.74) is 4.07. The Hall–Kier alpha value is -1.10. The molecule has 1 N–H and O–H groups in total. The van der Waals surface area contributed by atoms with Gasteiger partial charge in [-0.15, -0.1) is 0 Å². The van der Waals surface area contributed by atoms with Crippen LogP contribution in [0.5, 0.6) is 0 Å². The molecule has 3 atom stereocenters. The van der Waals surface area contributed by atoms with E-state index in [0.717, 1.165) is 38.8 Å². The van der Waals surface area contributed by atoms with Crippen molar-refractivity contribution in [2.24, 2.45) is 11.8 Å². The Morgan fingerprint density at radius 3 is 2.59 bits per heavy atom. The minimum atomic E-state index is 0.345. The van der Waals surface area contributed by atoms with Crippen LogP contribution >= 0.6 is 0 Å². The van der Waals surface area contributed by atoms with Crippen LogP contribution in [0.4, 0.5) is 5.69 Å². The quantitative estimate of drug-likeness (QED) is 0.758. The van der Waals surface area contributed by atoms with Crippen molar-refractivity contribution < 1.29 is 9.47 Å². The normalized spacial score (nSPS) is 29.9. The Morgan fingerprint density at radius 2 is 1.83 bits per heavy atom. The summed E-state index contributed by atoms with van der Waals surface area (Å²) in [5, 5.41) is 3.89. The van der Waals surface area contributed by atoms with Crippen molar-refractivity contribution in [3.63, 3.8) is 0 Å². The van der Waals surface area contributed by atoms with Crippen LogP contribution in [0.1, 0.15) is 69.1 Å². The van der Waals surface area contributed by atoms with Gasteiger partial charge in [0.2, 0.25) is 0 Å². The molecule has 162 valence electrons. The van der Waals surface area contributed by atoms with Crippen LogP contribution < -0.4 is 5.32 Å². The van der Waals surface area contributed by atoms with E-state index in [1.165, 1.54) is 68.3 Å². The third-order valence-corrected chi connectivity index (χ3v) is 7.24. The maximum atomic E-state index is 6.12. The molecule has 3 heterocycles. The molecule has 3 aliphatic heterocycles. The standard InChI is InChI=1S/C18H25NO.C7H15NO/c1-12-7-8-16-15(11-12)18-14(9-10-20-18)17(19-16)13-5-3-2-4-6-13;1-2-3-8-4-6-9-7-5-8/h7-8,11,13-14,17-19H,2-6,9-10H2,1H3;2-7H2,1H3. The van der Waals surface area contributed by atoms with Crippen LogP contribution in [-0.4, -0.2) is 50.4 Å². The highest BCUT2D eigenvalue weighted by Crippen LogP contribution is 2.48. The summed E-state index contributed by atoms with van der Waals surface area (Å²) < 4.78 is 11.3. The highest BCUT2D eigenvalue weighted by atomic mass is 16.5. The van der Waals surface area contributed by atoms with Gasteiger partial charge in [0.05, 0.1) is 19.3 Å². The molecule has 4 heteroatoms. The lowest BCUT2D eigenvalue weighted by Gasteiger charge is -2.42. The molecule has 0 amide bonds. The van der Waals surface area contributed by atoms with Crippen molar-refractivity contribution in [1.82, 2.24) is 4.90 Å². The lowest BCUT2D eigenvalue weighted by atomic mass is 9.73. The second kappa shape index (κ2) is 10.3. The molecule has 29 heavy (non-hydrogen) atoms. The topological polar surface area (TPSA) is 33.7 Å². The Labute approximate surface area is 177 Å². The first kappa shape index (κ1) is 21.1. The van der Waals surface area contributed by atoms with Gasteiger partial charge in [0.15, 0.2) is 0 Å². The van der Waals surface area contributed by atoms with E-state index in [4.69, 9.17) is 9.47 Å². The SMILES string of the molecule is CCCN1CCOCC1.Cc1ccc2c(c1)C1OCCC1C(C1CCCCC1)N2. The molecule has 0 bridgehead atoms. The zero-order valence-electron chi connectivity index (χ0n) is 18.5. The third-order valence-electron chi connectivity index (χ3n) is 7.24. The number of benzene rings is 1. The summed E-state index contributed by atoms with van der Waals surface area (Å²) in [4.78, 5) is 2.45. The molecule has 1 aromatic carbocycles. The number of anilines is 1. The van der Waals surface area contributed by atoms with Crippen molar-refractivity contribution in [3.8, 4) is 0 Å². The highest BCUT2D eigenvalue weighted by molar-refractivity contribution is 5.57. The molecule has 5 rings (SSSR count). The van der Waals surface area contributed by atoms with Gasteiger partial charge in [-0.2, -0.15) is 0 Å². The molecular formula is C25H40N2O2. The molecule has 0 aromatic heterocycles. The Balaban J connectivity index is 0.000000192. The van der Waals surface area contributed by atoms with Crippen LogP contribution in [0.25, 0.3) is 0 Å². The number of nitrogens with zero attached hydrogens (tertiary/aromatic N) is 1. The van der Waals surface area contributed by atoms with E-state index < -0.39 is 0 Å². The van der Waals surface area contributed by atoms with E-state index in [9.17, 15) is 0 Å². The van der Waals surface area contributed by atoms with Gasteiger partial charge in [-0.05, 0) is 51.1 Å². The van der Waals surface area contributed by atoms with Gasteiger partial charge in [0, 0.05) is 42.9 Å². The first-order chi connectivity index (χ1) is 14.3. The molecule has 4 nitrogen and oxygen atoms in total. The van der Waals surface area contributed by atoms with Crippen LogP contribution in [0, 0.1) is 18.8 Å². The van der Waals surface area contributed by atoms with Crippen molar-refractivity contribution in [3.05, 3.63) is 29.3 Å². The number of nitrogens with one attached hydrogen (secondary N) is 1. The third kappa shape index (κ3) is 5.15. The predicted octanol–water partition coefficient (Wildman–Crippen LogP) is 5.18. The fourth-order valence-electron chi connectivity index (χ4n) is 5.73. The van der Waals surface area contributed by atoms with E-state index in [0.29, 0.717) is 18.1 Å². The van der Waals surface area contributed by atoms with Crippen molar-refractivity contribution in [1.29, 1.82) is 0 Å². The molecule has 0 radical (unpaired) electrons. The van der Waals surface area contributed by atoms with E-state index >= 15 is 0 Å². The van der Waals surface area contributed by atoms with Gasteiger partial charge in [-0.25, -0.2) is 0 Å². The maximum Gasteiger partial charge on any atom is 0.0893 e. The zero-order chi connectivity index (χ0) is 20.1. The van der Waals surface area contributed by atoms with Gasteiger partial charge in [0.25, 0.3) is 0 Å². The number of rotatable bonds is 3. The lowest BCUT2D eigenvalue weighted by Crippen LogP contribution is -2.42. The summed E-state index contributed by atoms with van der Waals surface area (Å²) in [6, 6.07) is 7.44. The van der Waals surface area contributed by atoms with Crippen molar-refractivity contribution in [2.75, 3.05) is 44.8 Å². The second-order valence-corrected chi connectivity index (χ2v) is 9.36. The molecule has 1 aromatic rings. The van der Waals surface area contributed by atoms with Gasteiger partial charge < -0.3 is 14.8 Å². The van der Waals surface area contributed by atoms with Gasteiger partial charge in [-0.3, -0.25) is 4.90 Å². The summed E-state index contributed by atoms with van der Waals surface area (Å²) in [6.45, 7) is 10.7. The summed E-state index contributed by atoms with van der Waals surface area (Å²) in [6.07, 6.45) is 9.92. The van der Waals surface area contributed by atoms with Crippen molar-refractivity contribution >= 4 is 5.69 Å². The van der Waals surface area contributed by atoms with E-state index in [1.807, 2.05) is 0 Å². The molecular weight excluding hydrogens is 360 g/mol. The monoisotopic (exact) mass is 400 g/mol. The fraction of sp³-hybridized carbons (Fsp3) is 0.760. The predicted molar refractivity (Wildman–Crippen MR) is 120 cm³/mol. The molecule has 1 aliphatic carbocycles. The Bertz CT molecular complexity index is 635. The molecule has 0 spiro atoms. The number of ether oxygens (including phenoxy) is 2. The van der Waals surface area contributed by atoms with Crippen LogP contribution in [0.15, 0.2) is 18.2 Å². The van der Waals surface area contributed by atoms with Gasteiger partial charge in [0.1, 0.15) is 0 Å². The number of fused-ring (bicyclic) bond motifs is 3. The average molecular weight is 401 g/mol. The molecule has 2 saturated heterocycles. The lowest BCUT2D eigenvalue weighted by molar-refractivity contribution is 0.0380. The van der Waals surface area contributed by atoms with Crippen molar-refractivity contribution in [2.45, 2.75) is 70.9 Å². The first-order valence-corrected chi connectivity index (χ1v) is 12.0. The Morgan fingerprint density at radius 1 is 1.03 bits per heavy atom. The minimum absolute atomic E-state index is 0.345. The summed E-state index contributed by atoms with van der Waals surface area (Å²) >= 11 is 0. The number of hydrogen-bond acceptors (Lipinski definition) is 4. The molecule has 4 aliphatic rings. The number of hydrogen-bond donors (Lipinski definition) is 1. The number of morpholine rings is 1. The van der Waals surface area contributed by atoms with Crippen LogP contribution in [0.3, 0.4) is 0 Å². The van der Waals surface area contributed by atoms with E-state index in [-0.39, 0.29) is 0 Å². The molecule has 3 unspecified atom stereocenters. The molecule has 1 saturated carbocycles. The summed E-state index contributed by atoms with van der Waals surface area (Å²) in [5.74, 6) is 1.54. The van der Waals surface area contributed by atoms with Gasteiger partial charge >= 0.3 is 0 Å².